The molecule has 2 heterocycles. The van der Waals surface area contributed by atoms with Gasteiger partial charge in [-0.15, -0.1) is 11.3 Å². The average Bonchev–Trinajstić information content (AvgIpc) is 2.97. The second-order valence-electron chi connectivity index (χ2n) is 4.33. The van der Waals surface area contributed by atoms with Gasteiger partial charge >= 0.3 is 0 Å². The first kappa shape index (κ1) is 12.3. The van der Waals surface area contributed by atoms with Crippen molar-refractivity contribution in [2.24, 2.45) is 12.9 Å². The van der Waals surface area contributed by atoms with Gasteiger partial charge in [0, 0.05) is 29.0 Å². The van der Waals surface area contributed by atoms with Crippen LogP contribution in [0.4, 0.5) is 4.39 Å². The number of imidazole rings is 1. The highest BCUT2D eigenvalue weighted by atomic mass is 32.1. The number of nitrogens with two attached hydrogens (primary N) is 1. The first-order valence-electron chi connectivity index (χ1n) is 5.81. The maximum absolute atomic E-state index is 13.2. The normalized spacial score (nSPS) is 13.0. The molecule has 2 aromatic heterocycles. The number of rotatable bonds is 3. The van der Waals surface area contributed by atoms with Crippen LogP contribution in [0.3, 0.4) is 0 Å². The van der Waals surface area contributed by atoms with Gasteiger partial charge in [-0.3, -0.25) is 5.84 Å². The van der Waals surface area contributed by atoms with Gasteiger partial charge in [0.1, 0.15) is 17.7 Å². The van der Waals surface area contributed by atoms with Crippen LogP contribution in [0, 0.1) is 5.82 Å². The lowest BCUT2D eigenvalue weighted by atomic mass is 10.2. The van der Waals surface area contributed by atoms with Gasteiger partial charge in [0.2, 0.25) is 0 Å². The molecule has 0 aliphatic rings. The Hall–Kier alpha value is -1.76. The highest BCUT2D eigenvalue weighted by Crippen LogP contribution is 2.32. The second-order valence-corrected chi connectivity index (χ2v) is 5.44. The van der Waals surface area contributed by atoms with Gasteiger partial charge in [-0.1, -0.05) is 0 Å². The molecular formula is C13H13FN4S. The van der Waals surface area contributed by atoms with Gasteiger partial charge in [-0.25, -0.2) is 14.8 Å². The fourth-order valence-electron chi connectivity index (χ4n) is 2.12. The van der Waals surface area contributed by atoms with Gasteiger partial charge in [0.05, 0.1) is 0 Å². The molecule has 1 unspecified atom stereocenters. The number of nitrogens with zero attached hydrogens (tertiary/aromatic N) is 2. The summed E-state index contributed by atoms with van der Waals surface area (Å²) in [5, 5.41) is 0.884. The average molecular weight is 276 g/mol. The van der Waals surface area contributed by atoms with Gasteiger partial charge in [-0.2, -0.15) is 0 Å². The number of fused-ring (bicyclic) bond motifs is 1. The third kappa shape index (κ3) is 2.14. The van der Waals surface area contributed by atoms with E-state index in [-0.39, 0.29) is 11.9 Å². The number of hydrazine groups is 1. The van der Waals surface area contributed by atoms with Crippen molar-refractivity contribution in [3.63, 3.8) is 0 Å². The maximum Gasteiger partial charge on any atom is 0.132 e. The number of thiophene rings is 1. The summed E-state index contributed by atoms with van der Waals surface area (Å²) < 4.78 is 16.2. The van der Waals surface area contributed by atoms with Crippen LogP contribution in [0.15, 0.2) is 36.7 Å². The van der Waals surface area contributed by atoms with E-state index in [1.165, 1.54) is 12.1 Å². The van der Waals surface area contributed by atoms with Crippen LogP contribution in [0.2, 0.25) is 0 Å². The first-order valence-corrected chi connectivity index (χ1v) is 6.63. The molecule has 0 amide bonds. The largest absolute Gasteiger partial charge is 0.336 e. The number of hydrogen-bond acceptors (Lipinski definition) is 4. The van der Waals surface area contributed by atoms with Gasteiger partial charge in [-0.05, 0) is 29.7 Å². The number of aromatic nitrogens is 2. The van der Waals surface area contributed by atoms with Crippen molar-refractivity contribution in [2.75, 3.05) is 0 Å². The predicted octanol–water partition coefficient (Wildman–Crippen LogP) is 2.33. The van der Waals surface area contributed by atoms with Crippen LogP contribution in [0.1, 0.15) is 16.7 Å². The molecule has 0 aliphatic carbocycles. The molecule has 0 spiro atoms. The number of nitrogens with one attached hydrogen (secondary N) is 1. The molecule has 0 saturated carbocycles. The molecule has 3 aromatic rings. The minimum Gasteiger partial charge on any atom is -0.336 e. The van der Waals surface area contributed by atoms with Crippen molar-refractivity contribution in [1.29, 1.82) is 0 Å². The first-order chi connectivity index (χ1) is 9.19. The van der Waals surface area contributed by atoms with Crippen molar-refractivity contribution in [2.45, 2.75) is 6.04 Å². The third-order valence-electron chi connectivity index (χ3n) is 3.07. The third-order valence-corrected chi connectivity index (χ3v) is 4.25. The van der Waals surface area contributed by atoms with Gasteiger partial charge in [0.25, 0.3) is 0 Å². The Morgan fingerprint density at radius 1 is 1.42 bits per heavy atom. The van der Waals surface area contributed by atoms with Crippen molar-refractivity contribution in [1.82, 2.24) is 15.0 Å². The lowest BCUT2D eigenvalue weighted by Crippen LogP contribution is -2.30. The summed E-state index contributed by atoms with van der Waals surface area (Å²) >= 11 is 1.58. The summed E-state index contributed by atoms with van der Waals surface area (Å²) in [7, 11) is 1.92. The summed E-state index contributed by atoms with van der Waals surface area (Å²) in [6, 6.07) is 6.53. The summed E-state index contributed by atoms with van der Waals surface area (Å²) in [5.41, 5.74) is 2.77. The summed E-state index contributed by atoms with van der Waals surface area (Å²) in [5.74, 6) is 6.24. The Labute approximate surface area is 113 Å². The van der Waals surface area contributed by atoms with E-state index in [4.69, 9.17) is 5.84 Å². The summed E-state index contributed by atoms with van der Waals surface area (Å²) in [6.07, 6.45) is 3.60. The Morgan fingerprint density at radius 3 is 2.95 bits per heavy atom. The summed E-state index contributed by atoms with van der Waals surface area (Å²) in [6.45, 7) is 0. The van der Waals surface area contributed by atoms with E-state index in [2.05, 4.69) is 10.4 Å². The Kier molecular flexibility index (Phi) is 3.06. The van der Waals surface area contributed by atoms with E-state index in [0.29, 0.717) is 0 Å². The van der Waals surface area contributed by atoms with Crippen LogP contribution < -0.4 is 11.3 Å². The molecule has 1 atom stereocenters. The standard InChI is InChI=1S/C13H13FN4S/c1-18-5-4-16-13(18)12(17-15)11-7-8-6-9(14)2-3-10(8)19-11/h2-7,12,17H,15H2,1H3. The van der Waals surface area contributed by atoms with Crippen LogP contribution in [-0.2, 0) is 7.05 Å². The molecule has 0 bridgehead atoms. The smallest absolute Gasteiger partial charge is 0.132 e. The second kappa shape index (κ2) is 4.73. The predicted molar refractivity (Wildman–Crippen MR) is 74.2 cm³/mol. The zero-order chi connectivity index (χ0) is 13.4. The molecule has 4 nitrogen and oxygen atoms in total. The van der Waals surface area contributed by atoms with E-state index < -0.39 is 0 Å². The van der Waals surface area contributed by atoms with Gasteiger partial charge < -0.3 is 4.57 Å². The molecule has 0 radical (unpaired) electrons. The number of hydrogen-bond donors (Lipinski definition) is 2. The van der Waals surface area contributed by atoms with Crippen molar-refractivity contribution in [3.8, 4) is 0 Å². The van der Waals surface area contributed by atoms with Crippen LogP contribution in [-0.4, -0.2) is 9.55 Å². The highest BCUT2D eigenvalue weighted by Gasteiger charge is 2.19. The molecule has 3 N–H and O–H groups in total. The molecule has 0 saturated heterocycles. The number of halogens is 1. The molecule has 0 aliphatic heterocycles. The lowest BCUT2D eigenvalue weighted by Gasteiger charge is -2.13. The maximum atomic E-state index is 13.2. The van der Waals surface area contributed by atoms with Crippen LogP contribution >= 0.6 is 11.3 Å². The molecule has 3 rings (SSSR count). The van der Waals surface area contributed by atoms with Crippen LogP contribution in [0.25, 0.3) is 10.1 Å². The van der Waals surface area contributed by atoms with Crippen molar-refractivity contribution < 1.29 is 4.39 Å². The summed E-state index contributed by atoms with van der Waals surface area (Å²) in [4.78, 5) is 5.32. The zero-order valence-corrected chi connectivity index (χ0v) is 11.1. The molecular weight excluding hydrogens is 263 g/mol. The number of aryl methyl sites for hydroxylation is 1. The van der Waals surface area contributed by atoms with Crippen LogP contribution in [0.5, 0.6) is 0 Å². The van der Waals surface area contributed by atoms with E-state index in [1.54, 1.807) is 23.6 Å². The van der Waals surface area contributed by atoms with Gasteiger partial charge in [0.15, 0.2) is 0 Å². The van der Waals surface area contributed by atoms with E-state index in [0.717, 1.165) is 20.8 Å². The van der Waals surface area contributed by atoms with E-state index in [9.17, 15) is 4.39 Å². The van der Waals surface area contributed by atoms with Crippen molar-refractivity contribution in [3.05, 3.63) is 53.2 Å². The lowest BCUT2D eigenvalue weighted by molar-refractivity contribution is 0.588. The van der Waals surface area contributed by atoms with E-state index in [1.807, 2.05) is 23.9 Å². The van der Waals surface area contributed by atoms with E-state index >= 15 is 0 Å². The molecule has 98 valence electrons. The minimum absolute atomic E-state index is 0.194. The molecule has 0 fully saturated rings. The SMILES string of the molecule is Cn1ccnc1C(NN)c1cc2cc(F)ccc2s1. The molecule has 6 heteroatoms. The quantitative estimate of drug-likeness (QED) is 0.570. The highest BCUT2D eigenvalue weighted by molar-refractivity contribution is 7.19. The number of benzene rings is 1. The Morgan fingerprint density at radius 2 is 2.26 bits per heavy atom. The zero-order valence-electron chi connectivity index (χ0n) is 10.3. The molecule has 19 heavy (non-hydrogen) atoms. The van der Waals surface area contributed by atoms with Crippen molar-refractivity contribution >= 4 is 21.4 Å². The topological polar surface area (TPSA) is 55.9 Å². The minimum atomic E-state index is -0.230. The monoisotopic (exact) mass is 276 g/mol. The fourth-order valence-corrected chi connectivity index (χ4v) is 3.22. The molecule has 1 aromatic carbocycles. The fraction of sp³-hybridized carbons (Fsp3) is 0.154. The Bertz CT molecular complexity index is 718. The Balaban J connectivity index is 2.09.